The second-order valence-electron chi connectivity index (χ2n) is 4.84. The molecule has 1 aromatic rings. The van der Waals surface area contributed by atoms with Gasteiger partial charge in [-0.25, -0.2) is 0 Å². The minimum Gasteiger partial charge on any atom is -0.384 e. The van der Waals surface area contributed by atoms with Crippen molar-refractivity contribution in [3.8, 4) is 0 Å². The lowest BCUT2D eigenvalue weighted by Gasteiger charge is -2.30. The van der Waals surface area contributed by atoms with Gasteiger partial charge in [0.15, 0.2) is 0 Å². The Kier molecular flexibility index (Phi) is 4.23. The van der Waals surface area contributed by atoms with Gasteiger partial charge in [-0.3, -0.25) is 0 Å². The van der Waals surface area contributed by atoms with Crippen molar-refractivity contribution in [1.29, 1.82) is 0 Å². The molecule has 0 aromatic heterocycles. The molecule has 88 valence electrons. The quantitative estimate of drug-likeness (QED) is 0.836. The van der Waals surface area contributed by atoms with Crippen LogP contribution in [0.4, 0.5) is 5.69 Å². The Morgan fingerprint density at radius 3 is 2.88 bits per heavy atom. The Morgan fingerprint density at radius 2 is 2.12 bits per heavy atom. The molecule has 1 fully saturated rings. The predicted octanol–water partition coefficient (Wildman–Crippen LogP) is 2.83. The van der Waals surface area contributed by atoms with Gasteiger partial charge in [-0.15, -0.1) is 0 Å². The van der Waals surface area contributed by atoms with E-state index in [4.69, 9.17) is 0 Å². The van der Waals surface area contributed by atoms with Crippen LogP contribution in [0.1, 0.15) is 19.8 Å². The molecular weight excluding hydrogens is 196 g/mol. The van der Waals surface area contributed by atoms with Crippen LogP contribution < -0.4 is 5.32 Å². The summed E-state index contributed by atoms with van der Waals surface area (Å²) in [5, 5.41) is 3.47. The minimum absolute atomic E-state index is 0.880. The monoisotopic (exact) mass is 218 g/mol. The van der Waals surface area contributed by atoms with Gasteiger partial charge < -0.3 is 10.2 Å². The minimum atomic E-state index is 0.880. The van der Waals surface area contributed by atoms with Crippen molar-refractivity contribution in [3.63, 3.8) is 0 Å². The molecule has 0 saturated carbocycles. The molecule has 16 heavy (non-hydrogen) atoms. The van der Waals surface area contributed by atoms with Gasteiger partial charge >= 0.3 is 0 Å². The highest BCUT2D eigenvalue weighted by molar-refractivity contribution is 5.42. The summed E-state index contributed by atoms with van der Waals surface area (Å²) in [5.74, 6) is 0.880. The molecule has 1 aromatic carbocycles. The molecule has 2 rings (SSSR count). The van der Waals surface area contributed by atoms with E-state index in [9.17, 15) is 0 Å². The van der Waals surface area contributed by atoms with Crippen LogP contribution in [0.2, 0.25) is 0 Å². The average Bonchev–Trinajstić information content (AvgIpc) is 2.30. The summed E-state index contributed by atoms with van der Waals surface area (Å²) in [5.41, 5.74) is 1.23. The van der Waals surface area contributed by atoms with Gasteiger partial charge in [0.05, 0.1) is 0 Å². The topological polar surface area (TPSA) is 15.3 Å². The number of para-hydroxylation sites is 1. The number of rotatable bonds is 4. The average molecular weight is 218 g/mol. The SMILES string of the molecule is CC1CCCN(CCNc2ccccc2)C1. The molecule has 1 atom stereocenters. The molecular formula is C14H22N2. The third-order valence-electron chi connectivity index (χ3n) is 3.27. The van der Waals surface area contributed by atoms with Crippen LogP contribution in [-0.4, -0.2) is 31.1 Å². The number of piperidine rings is 1. The normalized spacial score (nSPS) is 21.9. The fourth-order valence-electron chi connectivity index (χ4n) is 2.40. The molecule has 2 nitrogen and oxygen atoms in total. The molecule has 2 heteroatoms. The summed E-state index contributed by atoms with van der Waals surface area (Å²) < 4.78 is 0. The van der Waals surface area contributed by atoms with Gasteiger partial charge in [0.1, 0.15) is 0 Å². The Balaban J connectivity index is 1.68. The van der Waals surface area contributed by atoms with E-state index in [1.54, 1.807) is 0 Å². The molecule has 0 spiro atoms. The molecule has 0 bridgehead atoms. The van der Waals surface area contributed by atoms with E-state index in [1.807, 2.05) is 0 Å². The van der Waals surface area contributed by atoms with E-state index in [0.717, 1.165) is 12.5 Å². The van der Waals surface area contributed by atoms with Crippen LogP contribution in [0.3, 0.4) is 0 Å². The Hall–Kier alpha value is -1.02. The Morgan fingerprint density at radius 1 is 1.31 bits per heavy atom. The lowest BCUT2D eigenvalue weighted by Crippen LogP contribution is -2.37. The number of benzene rings is 1. The Labute approximate surface area is 98.7 Å². The molecule has 1 saturated heterocycles. The standard InChI is InChI=1S/C14H22N2/c1-13-6-5-10-16(12-13)11-9-15-14-7-3-2-4-8-14/h2-4,7-8,13,15H,5-6,9-12H2,1H3. The van der Waals surface area contributed by atoms with E-state index in [2.05, 4.69) is 47.5 Å². The van der Waals surface area contributed by atoms with Crippen molar-refractivity contribution < 1.29 is 0 Å². The highest BCUT2D eigenvalue weighted by Crippen LogP contribution is 2.14. The number of nitrogens with one attached hydrogen (secondary N) is 1. The maximum Gasteiger partial charge on any atom is 0.0340 e. The lowest BCUT2D eigenvalue weighted by atomic mass is 10.0. The Bertz CT molecular complexity index is 297. The van der Waals surface area contributed by atoms with Gasteiger partial charge in [0.2, 0.25) is 0 Å². The van der Waals surface area contributed by atoms with Crippen LogP contribution in [-0.2, 0) is 0 Å². The molecule has 1 heterocycles. The molecule has 0 amide bonds. The van der Waals surface area contributed by atoms with Gasteiger partial charge in [0, 0.05) is 25.3 Å². The third-order valence-corrected chi connectivity index (χ3v) is 3.27. The van der Waals surface area contributed by atoms with Crippen LogP contribution in [0, 0.1) is 5.92 Å². The second kappa shape index (κ2) is 5.90. The van der Waals surface area contributed by atoms with E-state index < -0.39 is 0 Å². The van der Waals surface area contributed by atoms with Gasteiger partial charge in [-0.2, -0.15) is 0 Å². The molecule has 0 aliphatic carbocycles. The summed E-state index contributed by atoms with van der Waals surface area (Å²) in [6.07, 6.45) is 2.77. The first-order valence-corrected chi connectivity index (χ1v) is 6.36. The fourth-order valence-corrected chi connectivity index (χ4v) is 2.40. The zero-order valence-corrected chi connectivity index (χ0v) is 10.2. The summed E-state index contributed by atoms with van der Waals surface area (Å²) in [4.78, 5) is 2.57. The van der Waals surface area contributed by atoms with E-state index in [-0.39, 0.29) is 0 Å². The highest BCUT2D eigenvalue weighted by atomic mass is 15.1. The van der Waals surface area contributed by atoms with Gasteiger partial charge in [-0.05, 0) is 37.4 Å². The zero-order chi connectivity index (χ0) is 11.2. The van der Waals surface area contributed by atoms with E-state index in [0.29, 0.717) is 0 Å². The maximum absolute atomic E-state index is 3.47. The van der Waals surface area contributed by atoms with Crippen LogP contribution in [0.5, 0.6) is 0 Å². The summed E-state index contributed by atoms with van der Waals surface area (Å²) >= 11 is 0. The second-order valence-corrected chi connectivity index (χ2v) is 4.84. The van der Waals surface area contributed by atoms with Crippen molar-refractivity contribution in [2.75, 3.05) is 31.5 Å². The van der Waals surface area contributed by atoms with Crippen molar-refractivity contribution in [3.05, 3.63) is 30.3 Å². The number of hydrogen-bond acceptors (Lipinski definition) is 2. The van der Waals surface area contributed by atoms with Crippen molar-refractivity contribution >= 4 is 5.69 Å². The fraction of sp³-hybridized carbons (Fsp3) is 0.571. The lowest BCUT2D eigenvalue weighted by molar-refractivity contribution is 0.190. The zero-order valence-electron chi connectivity index (χ0n) is 10.2. The maximum atomic E-state index is 3.47. The summed E-state index contributed by atoms with van der Waals surface area (Å²) in [6, 6.07) is 10.5. The third kappa shape index (κ3) is 3.53. The molecule has 1 aliphatic rings. The van der Waals surface area contributed by atoms with Crippen molar-refractivity contribution in [2.24, 2.45) is 5.92 Å². The predicted molar refractivity (Wildman–Crippen MR) is 69.8 cm³/mol. The van der Waals surface area contributed by atoms with Gasteiger partial charge in [-0.1, -0.05) is 25.1 Å². The first-order chi connectivity index (χ1) is 7.84. The molecule has 1 unspecified atom stereocenters. The smallest absolute Gasteiger partial charge is 0.0340 e. The molecule has 0 radical (unpaired) electrons. The first kappa shape index (κ1) is 11.5. The molecule has 1 N–H and O–H groups in total. The number of hydrogen-bond donors (Lipinski definition) is 1. The van der Waals surface area contributed by atoms with Crippen LogP contribution >= 0.6 is 0 Å². The largest absolute Gasteiger partial charge is 0.384 e. The summed E-state index contributed by atoms with van der Waals surface area (Å²) in [6.45, 7) is 7.13. The highest BCUT2D eigenvalue weighted by Gasteiger charge is 2.15. The van der Waals surface area contributed by atoms with Crippen molar-refractivity contribution in [1.82, 2.24) is 4.90 Å². The number of anilines is 1. The van der Waals surface area contributed by atoms with Crippen molar-refractivity contribution in [2.45, 2.75) is 19.8 Å². The first-order valence-electron chi connectivity index (χ1n) is 6.36. The number of nitrogens with zero attached hydrogens (tertiary/aromatic N) is 1. The van der Waals surface area contributed by atoms with Crippen LogP contribution in [0.15, 0.2) is 30.3 Å². The van der Waals surface area contributed by atoms with Crippen LogP contribution in [0.25, 0.3) is 0 Å². The molecule has 1 aliphatic heterocycles. The van der Waals surface area contributed by atoms with Gasteiger partial charge in [0.25, 0.3) is 0 Å². The number of likely N-dealkylation sites (tertiary alicyclic amines) is 1. The summed E-state index contributed by atoms with van der Waals surface area (Å²) in [7, 11) is 0. The van der Waals surface area contributed by atoms with E-state index >= 15 is 0 Å². The van der Waals surface area contributed by atoms with E-state index in [1.165, 1.54) is 38.2 Å².